The Morgan fingerprint density at radius 2 is 1.95 bits per heavy atom. The summed E-state index contributed by atoms with van der Waals surface area (Å²) in [7, 11) is 1.76. The minimum Gasteiger partial charge on any atom is -0.395 e. The molecule has 1 aromatic rings. The lowest BCUT2D eigenvalue weighted by atomic mass is 10.0. The zero-order valence-corrected chi connectivity index (χ0v) is 12.6. The number of aryl methyl sites for hydroxylation is 2. The molecule has 2 fully saturated rings. The molecule has 0 unspecified atom stereocenters. The highest BCUT2D eigenvalue weighted by molar-refractivity contribution is 5.98. The van der Waals surface area contributed by atoms with Gasteiger partial charge < -0.3 is 20.1 Å². The fourth-order valence-electron chi connectivity index (χ4n) is 3.10. The molecule has 3 rings (SSSR count). The van der Waals surface area contributed by atoms with Crippen molar-refractivity contribution in [1.82, 2.24) is 14.7 Å². The van der Waals surface area contributed by atoms with E-state index in [1.165, 1.54) is 0 Å². The molecule has 0 aromatic carbocycles. The Hall–Kier alpha value is -1.60. The number of nitrogen functional groups attached to an aromatic ring is 1. The number of rotatable bonds is 2. The van der Waals surface area contributed by atoms with E-state index < -0.39 is 5.79 Å². The molecule has 1 aromatic heterocycles. The Morgan fingerprint density at radius 1 is 1.33 bits per heavy atom. The molecule has 2 saturated heterocycles. The monoisotopic (exact) mass is 294 g/mol. The first-order chi connectivity index (χ1) is 10.1. The molecule has 0 atom stereocenters. The number of carbonyl (C=O) groups is 1. The van der Waals surface area contributed by atoms with Crippen molar-refractivity contribution in [3.05, 3.63) is 11.4 Å². The van der Waals surface area contributed by atoms with Crippen molar-refractivity contribution in [1.29, 1.82) is 0 Å². The molecule has 7 nitrogen and oxygen atoms in total. The molecule has 116 valence electrons. The highest BCUT2D eigenvalue weighted by atomic mass is 16.7. The molecule has 21 heavy (non-hydrogen) atoms. The summed E-state index contributed by atoms with van der Waals surface area (Å²) in [5.74, 6) is -0.529. The van der Waals surface area contributed by atoms with Crippen LogP contribution in [0.4, 0.5) is 5.69 Å². The number of likely N-dealkylation sites (tertiary alicyclic amines) is 1. The van der Waals surface area contributed by atoms with E-state index in [-0.39, 0.29) is 5.91 Å². The van der Waals surface area contributed by atoms with Crippen LogP contribution in [0.15, 0.2) is 0 Å². The summed E-state index contributed by atoms with van der Waals surface area (Å²) in [4.78, 5) is 14.5. The van der Waals surface area contributed by atoms with E-state index in [0.717, 1.165) is 12.1 Å². The zero-order valence-electron chi connectivity index (χ0n) is 12.6. The predicted molar refractivity (Wildman–Crippen MR) is 76.8 cm³/mol. The molecule has 1 amide bonds. The Labute approximate surface area is 124 Å². The minimum atomic E-state index is -0.469. The van der Waals surface area contributed by atoms with Gasteiger partial charge in [0.15, 0.2) is 5.79 Å². The van der Waals surface area contributed by atoms with Gasteiger partial charge in [0.25, 0.3) is 5.91 Å². The molecule has 3 heterocycles. The highest BCUT2D eigenvalue weighted by Gasteiger charge is 2.41. The molecule has 1 spiro atoms. The number of nitrogens with zero attached hydrogens (tertiary/aromatic N) is 3. The topological polar surface area (TPSA) is 82.6 Å². The number of aromatic nitrogens is 2. The van der Waals surface area contributed by atoms with Crippen LogP contribution in [0.3, 0.4) is 0 Å². The van der Waals surface area contributed by atoms with Crippen molar-refractivity contribution >= 4 is 11.6 Å². The largest absolute Gasteiger partial charge is 0.395 e. The zero-order chi connectivity index (χ0) is 15.0. The molecule has 0 saturated carbocycles. The van der Waals surface area contributed by atoms with Gasteiger partial charge in [-0.3, -0.25) is 9.48 Å². The third kappa shape index (κ3) is 2.40. The first-order valence-corrected chi connectivity index (χ1v) is 7.45. The quantitative estimate of drug-likeness (QED) is 0.861. The van der Waals surface area contributed by atoms with Crippen molar-refractivity contribution in [3.63, 3.8) is 0 Å². The fourth-order valence-corrected chi connectivity index (χ4v) is 3.10. The molecule has 0 aliphatic carbocycles. The lowest BCUT2D eigenvalue weighted by Crippen LogP contribution is -2.47. The summed E-state index contributed by atoms with van der Waals surface area (Å²) in [5, 5.41) is 4.31. The number of ether oxygens (including phenoxy) is 2. The van der Waals surface area contributed by atoms with Gasteiger partial charge in [-0.2, -0.15) is 5.10 Å². The lowest BCUT2D eigenvalue weighted by Gasteiger charge is -2.37. The summed E-state index contributed by atoms with van der Waals surface area (Å²) < 4.78 is 13.0. The van der Waals surface area contributed by atoms with Gasteiger partial charge >= 0.3 is 0 Å². The third-order valence-electron chi connectivity index (χ3n) is 4.32. The maximum atomic E-state index is 12.7. The number of amides is 1. The molecule has 0 radical (unpaired) electrons. The number of hydrogen-bond donors (Lipinski definition) is 1. The Kier molecular flexibility index (Phi) is 3.62. The van der Waals surface area contributed by atoms with E-state index in [1.54, 1.807) is 11.7 Å². The molecular formula is C14H22N4O3. The van der Waals surface area contributed by atoms with Crippen LogP contribution in [-0.2, 0) is 22.9 Å². The van der Waals surface area contributed by atoms with Crippen molar-refractivity contribution in [3.8, 4) is 0 Å². The summed E-state index contributed by atoms with van der Waals surface area (Å²) in [6.45, 7) is 4.49. The van der Waals surface area contributed by atoms with Crippen molar-refractivity contribution in [2.75, 3.05) is 32.0 Å². The van der Waals surface area contributed by atoms with Gasteiger partial charge in [-0.25, -0.2) is 0 Å². The molecule has 0 bridgehead atoms. The van der Waals surface area contributed by atoms with Gasteiger partial charge in [0.05, 0.1) is 24.6 Å². The van der Waals surface area contributed by atoms with Crippen LogP contribution in [0.2, 0.25) is 0 Å². The molecular weight excluding hydrogens is 272 g/mol. The van der Waals surface area contributed by atoms with Crippen LogP contribution in [-0.4, -0.2) is 52.7 Å². The highest BCUT2D eigenvalue weighted by Crippen LogP contribution is 2.32. The Balaban J connectivity index is 1.73. The average molecular weight is 294 g/mol. The van der Waals surface area contributed by atoms with E-state index in [9.17, 15) is 4.79 Å². The number of carbonyl (C=O) groups excluding carboxylic acids is 1. The van der Waals surface area contributed by atoms with E-state index in [4.69, 9.17) is 15.2 Å². The smallest absolute Gasteiger partial charge is 0.274 e. The maximum Gasteiger partial charge on any atom is 0.274 e. The van der Waals surface area contributed by atoms with Gasteiger partial charge in [0, 0.05) is 33.0 Å². The van der Waals surface area contributed by atoms with Crippen molar-refractivity contribution < 1.29 is 14.3 Å². The summed E-state index contributed by atoms with van der Waals surface area (Å²) in [6, 6.07) is 0. The van der Waals surface area contributed by atoms with E-state index in [1.807, 2.05) is 11.8 Å². The van der Waals surface area contributed by atoms with Crippen LogP contribution in [0, 0.1) is 0 Å². The number of piperidine rings is 1. The number of anilines is 1. The second kappa shape index (κ2) is 5.31. The third-order valence-corrected chi connectivity index (χ3v) is 4.32. The second-order valence-electron chi connectivity index (χ2n) is 5.59. The first kappa shape index (κ1) is 14.3. The molecule has 2 aliphatic rings. The first-order valence-electron chi connectivity index (χ1n) is 7.45. The van der Waals surface area contributed by atoms with Crippen LogP contribution in [0.1, 0.15) is 35.9 Å². The van der Waals surface area contributed by atoms with Crippen molar-refractivity contribution in [2.45, 2.75) is 32.0 Å². The minimum absolute atomic E-state index is 0.0601. The van der Waals surface area contributed by atoms with Gasteiger partial charge in [-0.1, -0.05) is 6.92 Å². The summed E-state index contributed by atoms with van der Waals surface area (Å²) in [6.07, 6.45) is 2.13. The van der Waals surface area contributed by atoms with Crippen LogP contribution >= 0.6 is 0 Å². The van der Waals surface area contributed by atoms with Crippen LogP contribution < -0.4 is 5.73 Å². The van der Waals surface area contributed by atoms with E-state index in [2.05, 4.69) is 5.10 Å². The normalized spacial score (nSPS) is 21.1. The molecule has 7 heteroatoms. The van der Waals surface area contributed by atoms with Crippen molar-refractivity contribution in [2.24, 2.45) is 7.05 Å². The Bertz CT molecular complexity index is 539. The molecule has 2 N–H and O–H groups in total. The van der Waals surface area contributed by atoms with Gasteiger partial charge in [-0.05, 0) is 6.42 Å². The molecule has 2 aliphatic heterocycles. The van der Waals surface area contributed by atoms with Gasteiger partial charge in [0.2, 0.25) is 0 Å². The predicted octanol–water partition coefficient (Wildman–Crippen LogP) is 0.544. The summed E-state index contributed by atoms with van der Waals surface area (Å²) in [5.41, 5.74) is 7.81. The average Bonchev–Trinajstić information content (AvgIpc) is 3.04. The van der Waals surface area contributed by atoms with E-state index in [0.29, 0.717) is 50.5 Å². The maximum absolute atomic E-state index is 12.7. The standard InChI is InChI=1S/C14H22N4O3/c1-3-10-11(15)12(17(2)16-10)13(19)18-6-4-14(5-7-18)20-8-9-21-14/h3-9,15H2,1-2H3. The number of hydrogen-bond acceptors (Lipinski definition) is 5. The van der Waals surface area contributed by atoms with Gasteiger partial charge in [0.1, 0.15) is 5.69 Å². The lowest BCUT2D eigenvalue weighted by molar-refractivity contribution is -0.181. The van der Waals surface area contributed by atoms with Crippen LogP contribution in [0.25, 0.3) is 0 Å². The second-order valence-corrected chi connectivity index (χ2v) is 5.59. The SMILES string of the molecule is CCc1nn(C)c(C(=O)N2CCC3(CC2)OCCO3)c1N. The van der Waals surface area contributed by atoms with Gasteiger partial charge in [-0.15, -0.1) is 0 Å². The number of nitrogens with two attached hydrogens (primary N) is 1. The van der Waals surface area contributed by atoms with Crippen LogP contribution in [0.5, 0.6) is 0 Å². The van der Waals surface area contributed by atoms with E-state index >= 15 is 0 Å². The fraction of sp³-hybridized carbons (Fsp3) is 0.714. The Morgan fingerprint density at radius 3 is 2.48 bits per heavy atom. The summed E-state index contributed by atoms with van der Waals surface area (Å²) >= 11 is 0.